The van der Waals surface area contributed by atoms with Crippen molar-refractivity contribution in [1.29, 1.82) is 0 Å². The molecule has 26 heavy (non-hydrogen) atoms. The molecule has 0 unspecified atom stereocenters. The van der Waals surface area contributed by atoms with Gasteiger partial charge in [-0.05, 0) is 29.3 Å². The molecule has 5 nitrogen and oxygen atoms in total. The third kappa shape index (κ3) is 4.60. The van der Waals surface area contributed by atoms with Gasteiger partial charge < -0.3 is 14.8 Å². The molecule has 1 heterocycles. The molecular formula is C21H20N2O3. The third-order valence-corrected chi connectivity index (χ3v) is 3.88. The minimum absolute atomic E-state index is 0.101. The molecule has 2 aromatic carbocycles. The molecule has 0 saturated heterocycles. The number of carbonyl (C=O) groups is 1. The van der Waals surface area contributed by atoms with Crippen molar-refractivity contribution in [2.24, 2.45) is 0 Å². The van der Waals surface area contributed by atoms with Crippen molar-refractivity contribution in [3.05, 3.63) is 90.1 Å². The topological polar surface area (TPSA) is 60.5 Å². The van der Waals surface area contributed by atoms with Crippen LogP contribution in [0.3, 0.4) is 0 Å². The molecule has 1 atom stereocenters. The third-order valence-electron chi connectivity index (χ3n) is 3.88. The highest BCUT2D eigenvalue weighted by Gasteiger charge is 2.17. The van der Waals surface area contributed by atoms with Crippen LogP contribution in [0.4, 0.5) is 0 Å². The van der Waals surface area contributed by atoms with Crippen LogP contribution in [0.1, 0.15) is 17.2 Å². The Morgan fingerprint density at radius 1 is 0.962 bits per heavy atom. The molecule has 5 heteroatoms. The summed E-state index contributed by atoms with van der Waals surface area (Å²) in [5, 5.41) is 3.02. The van der Waals surface area contributed by atoms with Gasteiger partial charge in [0, 0.05) is 12.3 Å². The molecule has 1 N–H and O–H groups in total. The van der Waals surface area contributed by atoms with Gasteiger partial charge in [0.1, 0.15) is 5.75 Å². The predicted octanol–water partition coefficient (Wildman–Crippen LogP) is 3.37. The average Bonchev–Trinajstić information content (AvgIpc) is 2.72. The van der Waals surface area contributed by atoms with Crippen molar-refractivity contribution < 1.29 is 14.3 Å². The summed E-state index contributed by atoms with van der Waals surface area (Å²) in [7, 11) is 1.63. The van der Waals surface area contributed by atoms with Crippen molar-refractivity contribution in [2.45, 2.75) is 6.04 Å². The Balaban J connectivity index is 1.74. The summed E-state index contributed by atoms with van der Waals surface area (Å²) in [5.74, 6) is 0.967. The minimum atomic E-state index is -0.276. The molecule has 0 bridgehead atoms. The molecule has 0 aliphatic rings. The number of rotatable bonds is 7. The summed E-state index contributed by atoms with van der Waals surface area (Å²) < 4.78 is 10.6. The Hall–Kier alpha value is -3.34. The van der Waals surface area contributed by atoms with E-state index < -0.39 is 0 Å². The first kappa shape index (κ1) is 17.5. The van der Waals surface area contributed by atoms with Gasteiger partial charge in [-0.2, -0.15) is 0 Å². The quantitative estimate of drug-likeness (QED) is 0.711. The highest BCUT2D eigenvalue weighted by Crippen LogP contribution is 2.24. The van der Waals surface area contributed by atoms with Gasteiger partial charge in [0.05, 0.1) is 13.2 Å². The molecule has 0 aliphatic carbocycles. The maximum Gasteiger partial charge on any atom is 0.258 e. The van der Waals surface area contributed by atoms with Gasteiger partial charge in [-0.15, -0.1) is 0 Å². The maximum atomic E-state index is 12.4. The van der Waals surface area contributed by atoms with Crippen LogP contribution in [0.15, 0.2) is 79.0 Å². The number of methoxy groups -OCH3 is 1. The van der Waals surface area contributed by atoms with Crippen molar-refractivity contribution in [1.82, 2.24) is 10.3 Å². The number of nitrogens with zero attached hydrogens (tertiary/aromatic N) is 1. The van der Waals surface area contributed by atoms with Gasteiger partial charge >= 0.3 is 0 Å². The molecule has 3 aromatic rings. The standard InChI is InChI=1S/C21H20N2O3/c1-25-18-12-10-17(11-13-18)21(16-7-3-2-4-8-16)23-19(24)15-26-20-9-5-6-14-22-20/h2-14,21H,15H2,1H3,(H,23,24)/t21-/m0/s1. The Morgan fingerprint density at radius 2 is 1.65 bits per heavy atom. The van der Waals surface area contributed by atoms with E-state index >= 15 is 0 Å². The molecule has 0 radical (unpaired) electrons. The summed E-state index contributed by atoms with van der Waals surface area (Å²) in [6.07, 6.45) is 1.62. The molecule has 0 spiro atoms. The monoisotopic (exact) mass is 348 g/mol. The van der Waals surface area contributed by atoms with Crippen LogP contribution in [0.2, 0.25) is 0 Å². The lowest BCUT2D eigenvalue weighted by molar-refractivity contribution is -0.123. The normalized spacial score (nSPS) is 11.4. The molecular weight excluding hydrogens is 328 g/mol. The van der Waals surface area contributed by atoms with Gasteiger partial charge in [0.25, 0.3) is 5.91 Å². The Bertz CT molecular complexity index is 821. The number of aromatic nitrogens is 1. The van der Waals surface area contributed by atoms with E-state index in [0.29, 0.717) is 5.88 Å². The van der Waals surface area contributed by atoms with Crippen LogP contribution >= 0.6 is 0 Å². The second-order valence-electron chi connectivity index (χ2n) is 5.64. The fourth-order valence-electron chi connectivity index (χ4n) is 2.58. The highest BCUT2D eigenvalue weighted by atomic mass is 16.5. The zero-order valence-corrected chi connectivity index (χ0v) is 14.5. The SMILES string of the molecule is COc1ccc([C@@H](NC(=O)COc2ccccn2)c2ccccc2)cc1. The molecule has 3 rings (SSSR count). The number of ether oxygens (including phenoxy) is 2. The fourth-order valence-corrected chi connectivity index (χ4v) is 2.58. The number of carbonyl (C=O) groups excluding carboxylic acids is 1. The largest absolute Gasteiger partial charge is 0.497 e. The van der Waals surface area contributed by atoms with Crippen LogP contribution < -0.4 is 14.8 Å². The van der Waals surface area contributed by atoms with Gasteiger partial charge in [0.15, 0.2) is 6.61 Å². The van der Waals surface area contributed by atoms with Crippen molar-refractivity contribution in [3.63, 3.8) is 0 Å². The smallest absolute Gasteiger partial charge is 0.258 e. The predicted molar refractivity (Wildman–Crippen MR) is 99.2 cm³/mol. The van der Waals surface area contributed by atoms with Gasteiger partial charge in [-0.3, -0.25) is 4.79 Å². The summed E-state index contributed by atoms with van der Waals surface area (Å²) in [6, 6.07) is 22.5. The molecule has 0 fully saturated rings. The Morgan fingerprint density at radius 3 is 2.31 bits per heavy atom. The first-order valence-electron chi connectivity index (χ1n) is 8.28. The zero-order valence-electron chi connectivity index (χ0n) is 14.5. The van der Waals surface area contributed by atoms with Crippen LogP contribution in [0, 0.1) is 0 Å². The Labute approximate surface area is 152 Å². The maximum absolute atomic E-state index is 12.4. The molecule has 1 aromatic heterocycles. The highest BCUT2D eigenvalue weighted by molar-refractivity contribution is 5.78. The van der Waals surface area contributed by atoms with Crippen LogP contribution in [-0.4, -0.2) is 24.6 Å². The fraction of sp³-hybridized carbons (Fsp3) is 0.143. The van der Waals surface area contributed by atoms with E-state index in [4.69, 9.17) is 9.47 Å². The van der Waals surface area contributed by atoms with E-state index in [9.17, 15) is 4.79 Å². The number of amides is 1. The van der Waals surface area contributed by atoms with E-state index in [1.54, 1.807) is 25.4 Å². The van der Waals surface area contributed by atoms with E-state index in [1.807, 2.05) is 60.7 Å². The molecule has 132 valence electrons. The summed E-state index contributed by atoms with van der Waals surface area (Å²) in [4.78, 5) is 16.5. The van der Waals surface area contributed by atoms with E-state index in [0.717, 1.165) is 16.9 Å². The Kier molecular flexibility index (Phi) is 5.83. The van der Waals surface area contributed by atoms with E-state index in [2.05, 4.69) is 10.3 Å². The van der Waals surface area contributed by atoms with Gasteiger partial charge in [0.2, 0.25) is 5.88 Å². The lowest BCUT2D eigenvalue weighted by Crippen LogP contribution is -2.33. The van der Waals surface area contributed by atoms with Gasteiger partial charge in [-0.1, -0.05) is 48.5 Å². The van der Waals surface area contributed by atoms with Crippen LogP contribution in [0.25, 0.3) is 0 Å². The number of nitrogens with one attached hydrogen (secondary N) is 1. The lowest BCUT2D eigenvalue weighted by atomic mass is 9.98. The first-order chi connectivity index (χ1) is 12.8. The summed E-state index contributed by atoms with van der Waals surface area (Å²) in [5.41, 5.74) is 1.95. The second-order valence-corrected chi connectivity index (χ2v) is 5.64. The number of hydrogen-bond donors (Lipinski definition) is 1. The molecule has 1 amide bonds. The zero-order chi connectivity index (χ0) is 18.2. The van der Waals surface area contributed by atoms with Crippen molar-refractivity contribution in [3.8, 4) is 11.6 Å². The lowest BCUT2D eigenvalue weighted by Gasteiger charge is -2.20. The summed E-state index contributed by atoms with van der Waals surface area (Å²) in [6.45, 7) is -0.101. The second kappa shape index (κ2) is 8.67. The van der Waals surface area contributed by atoms with Crippen molar-refractivity contribution in [2.75, 3.05) is 13.7 Å². The van der Waals surface area contributed by atoms with E-state index in [-0.39, 0.29) is 18.6 Å². The van der Waals surface area contributed by atoms with E-state index in [1.165, 1.54) is 0 Å². The first-order valence-corrected chi connectivity index (χ1v) is 8.28. The molecule has 0 saturated carbocycles. The number of hydrogen-bond acceptors (Lipinski definition) is 4. The van der Waals surface area contributed by atoms with Crippen LogP contribution in [-0.2, 0) is 4.79 Å². The molecule has 0 aliphatic heterocycles. The summed E-state index contributed by atoms with van der Waals surface area (Å²) >= 11 is 0. The minimum Gasteiger partial charge on any atom is -0.497 e. The van der Waals surface area contributed by atoms with Gasteiger partial charge in [-0.25, -0.2) is 4.98 Å². The number of pyridine rings is 1. The average molecular weight is 348 g/mol. The van der Waals surface area contributed by atoms with Crippen molar-refractivity contribution >= 4 is 5.91 Å². The number of benzene rings is 2. The van der Waals surface area contributed by atoms with Crippen LogP contribution in [0.5, 0.6) is 11.6 Å².